The first-order valence-corrected chi connectivity index (χ1v) is 5.69. The first-order valence-electron chi connectivity index (χ1n) is 5.69. The Hall–Kier alpha value is -2.16. The molecule has 1 aliphatic heterocycles. The third-order valence-corrected chi connectivity index (χ3v) is 2.93. The summed E-state index contributed by atoms with van der Waals surface area (Å²) in [4.78, 5) is 8.80. The number of pyridine rings is 1. The van der Waals surface area contributed by atoms with E-state index in [1.54, 1.807) is 6.20 Å². The maximum Gasteiger partial charge on any atom is 0.133 e. The number of anilines is 1. The number of amidine groups is 1. The Morgan fingerprint density at radius 2 is 1.94 bits per heavy atom. The van der Waals surface area contributed by atoms with Crippen LogP contribution in [0, 0.1) is 0 Å². The van der Waals surface area contributed by atoms with Gasteiger partial charge in [0.25, 0.3) is 0 Å². The Morgan fingerprint density at radius 3 is 2.76 bits per heavy atom. The van der Waals surface area contributed by atoms with Crippen molar-refractivity contribution in [2.75, 3.05) is 5.32 Å². The van der Waals surface area contributed by atoms with Crippen LogP contribution in [0.15, 0.2) is 53.8 Å². The predicted octanol–water partition coefficient (Wildman–Crippen LogP) is 3.01. The molecule has 3 heteroatoms. The predicted molar refractivity (Wildman–Crippen MR) is 69.3 cm³/mol. The van der Waals surface area contributed by atoms with Gasteiger partial charge in [0.05, 0.1) is 6.04 Å². The van der Waals surface area contributed by atoms with E-state index in [1.807, 2.05) is 30.5 Å². The molecule has 1 atom stereocenters. The number of hydrogen-bond donors (Lipinski definition) is 1. The van der Waals surface area contributed by atoms with E-state index in [0.717, 1.165) is 22.6 Å². The van der Waals surface area contributed by atoms with Crippen LogP contribution in [0.1, 0.15) is 24.1 Å². The van der Waals surface area contributed by atoms with Gasteiger partial charge < -0.3 is 5.32 Å². The highest BCUT2D eigenvalue weighted by Crippen LogP contribution is 2.29. The van der Waals surface area contributed by atoms with Gasteiger partial charge in [0.2, 0.25) is 0 Å². The standard InChI is InChI=1S/C14H13N3/c1-10-12-9-15-8-7-13(12)17-14(16-10)11-5-3-2-4-6-11/h2-10H,1H3,(H,16,17). The number of aromatic nitrogens is 1. The Labute approximate surface area is 100 Å². The largest absolute Gasteiger partial charge is 0.340 e. The van der Waals surface area contributed by atoms with Crippen molar-refractivity contribution < 1.29 is 0 Å². The van der Waals surface area contributed by atoms with Gasteiger partial charge in [0, 0.05) is 29.2 Å². The fourth-order valence-corrected chi connectivity index (χ4v) is 2.02. The van der Waals surface area contributed by atoms with Crippen molar-refractivity contribution in [3.63, 3.8) is 0 Å². The van der Waals surface area contributed by atoms with Crippen molar-refractivity contribution in [3.8, 4) is 0 Å². The number of benzene rings is 1. The third kappa shape index (κ3) is 1.80. The molecule has 1 aliphatic rings. The first-order chi connectivity index (χ1) is 8.34. The minimum absolute atomic E-state index is 0.148. The van der Waals surface area contributed by atoms with Gasteiger partial charge in [0.1, 0.15) is 5.84 Å². The molecule has 17 heavy (non-hydrogen) atoms. The lowest BCUT2D eigenvalue weighted by molar-refractivity contribution is 0.806. The lowest BCUT2D eigenvalue weighted by Gasteiger charge is -2.22. The molecule has 0 spiro atoms. The highest BCUT2D eigenvalue weighted by atomic mass is 15.0. The number of hydrogen-bond acceptors (Lipinski definition) is 3. The van der Waals surface area contributed by atoms with Crippen LogP contribution in [0.25, 0.3) is 0 Å². The molecule has 0 aliphatic carbocycles. The average Bonchev–Trinajstić information content (AvgIpc) is 2.40. The van der Waals surface area contributed by atoms with E-state index in [2.05, 4.69) is 34.3 Å². The quantitative estimate of drug-likeness (QED) is 0.806. The number of nitrogens with zero attached hydrogens (tertiary/aromatic N) is 2. The molecule has 3 rings (SSSR count). The highest BCUT2D eigenvalue weighted by molar-refractivity contribution is 6.09. The van der Waals surface area contributed by atoms with E-state index < -0.39 is 0 Å². The van der Waals surface area contributed by atoms with Crippen molar-refractivity contribution in [3.05, 3.63) is 59.9 Å². The van der Waals surface area contributed by atoms with Crippen LogP contribution < -0.4 is 5.32 Å². The minimum atomic E-state index is 0.148. The lowest BCUT2D eigenvalue weighted by atomic mass is 10.1. The van der Waals surface area contributed by atoms with Crippen molar-refractivity contribution in [2.45, 2.75) is 13.0 Å². The van der Waals surface area contributed by atoms with Crippen LogP contribution in [-0.4, -0.2) is 10.8 Å². The number of nitrogens with one attached hydrogen (secondary N) is 1. The Kier molecular flexibility index (Phi) is 2.37. The average molecular weight is 223 g/mol. The van der Waals surface area contributed by atoms with Crippen LogP contribution in [0.2, 0.25) is 0 Å². The smallest absolute Gasteiger partial charge is 0.133 e. The van der Waals surface area contributed by atoms with Gasteiger partial charge in [-0.2, -0.15) is 0 Å². The second-order valence-corrected chi connectivity index (χ2v) is 4.11. The highest BCUT2D eigenvalue weighted by Gasteiger charge is 2.18. The van der Waals surface area contributed by atoms with Gasteiger partial charge in [-0.15, -0.1) is 0 Å². The van der Waals surface area contributed by atoms with Crippen molar-refractivity contribution >= 4 is 11.5 Å². The molecule has 1 unspecified atom stereocenters. The SMILES string of the molecule is CC1N=C(c2ccccc2)Nc2ccncc21. The van der Waals surface area contributed by atoms with Crippen LogP contribution in [0.5, 0.6) is 0 Å². The molecule has 0 saturated heterocycles. The molecule has 0 fully saturated rings. The minimum Gasteiger partial charge on any atom is -0.340 e. The molecule has 2 heterocycles. The maximum atomic E-state index is 4.66. The van der Waals surface area contributed by atoms with Gasteiger partial charge >= 0.3 is 0 Å². The fourth-order valence-electron chi connectivity index (χ4n) is 2.02. The van der Waals surface area contributed by atoms with E-state index in [1.165, 1.54) is 0 Å². The molecular weight excluding hydrogens is 210 g/mol. The van der Waals surface area contributed by atoms with Crippen molar-refractivity contribution in [2.24, 2.45) is 4.99 Å². The first kappa shape index (κ1) is 10.0. The molecular formula is C14H13N3. The topological polar surface area (TPSA) is 37.3 Å². The number of rotatable bonds is 1. The Morgan fingerprint density at radius 1 is 1.12 bits per heavy atom. The van der Waals surface area contributed by atoms with Gasteiger partial charge in [-0.25, -0.2) is 0 Å². The fraction of sp³-hybridized carbons (Fsp3) is 0.143. The summed E-state index contributed by atoms with van der Waals surface area (Å²) in [7, 11) is 0. The molecule has 84 valence electrons. The molecule has 1 N–H and O–H groups in total. The molecule has 1 aromatic carbocycles. The summed E-state index contributed by atoms with van der Waals surface area (Å²) in [5.41, 5.74) is 3.36. The van der Waals surface area contributed by atoms with Gasteiger partial charge in [-0.3, -0.25) is 9.98 Å². The summed E-state index contributed by atoms with van der Waals surface area (Å²) < 4.78 is 0. The van der Waals surface area contributed by atoms with Crippen LogP contribution in [0.3, 0.4) is 0 Å². The maximum absolute atomic E-state index is 4.66. The molecule has 1 aromatic heterocycles. The van der Waals surface area contributed by atoms with Crippen LogP contribution in [0.4, 0.5) is 5.69 Å². The molecule has 0 amide bonds. The zero-order chi connectivity index (χ0) is 11.7. The van der Waals surface area contributed by atoms with Crippen LogP contribution in [-0.2, 0) is 0 Å². The summed E-state index contributed by atoms with van der Waals surface area (Å²) in [5.74, 6) is 0.928. The van der Waals surface area contributed by atoms with E-state index in [-0.39, 0.29) is 6.04 Å². The monoisotopic (exact) mass is 223 g/mol. The number of aliphatic imine (C=N–C) groups is 1. The summed E-state index contributed by atoms with van der Waals surface area (Å²) >= 11 is 0. The third-order valence-electron chi connectivity index (χ3n) is 2.93. The van der Waals surface area contributed by atoms with E-state index in [9.17, 15) is 0 Å². The van der Waals surface area contributed by atoms with Crippen LogP contribution >= 0.6 is 0 Å². The summed E-state index contributed by atoms with van der Waals surface area (Å²) in [6, 6.07) is 12.3. The normalized spacial score (nSPS) is 17.9. The van der Waals surface area contributed by atoms with Gasteiger partial charge in [-0.1, -0.05) is 30.3 Å². The van der Waals surface area contributed by atoms with Gasteiger partial charge in [-0.05, 0) is 13.0 Å². The molecule has 3 nitrogen and oxygen atoms in total. The zero-order valence-electron chi connectivity index (χ0n) is 9.59. The van der Waals surface area contributed by atoms with E-state index in [4.69, 9.17) is 0 Å². The van der Waals surface area contributed by atoms with Crippen molar-refractivity contribution in [1.29, 1.82) is 0 Å². The second kappa shape index (κ2) is 4.01. The zero-order valence-corrected chi connectivity index (χ0v) is 9.59. The Balaban J connectivity index is 2.02. The van der Waals surface area contributed by atoms with E-state index in [0.29, 0.717) is 0 Å². The Bertz CT molecular complexity index is 561. The summed E-state index contributed by atoms with van der Waals surface area (Å²) in [5, 5.41) is 3.35. The molecule has 2 aromatic rings. The van der Waals surface area contributed by atoms with E-state index >= 15 is 0 Å². The molecule has 0 bridgehead atoms. The molecule has 0 radical (unpaired) electrons. The second-order valence-electron chi connectivity index (χ2n) is 4.11. The number of fused-ring (bicyclic) bond motifs is 1. The van der Waals surface area contributed by atoms with Gasteiger partial charge in [0.15, 0.2) is 0 Å². The molecule has 0 saturated carbocycles. The summed E-state index contributed by atoms with van der Waals surface area (Å²) in [6.45, 7) is 2.09. The lowest BCUT2D eigenvalue weighted by Crippen LogP contribution is -2.20. The van der Waals surface area contributed by atoms with Crippen molar-refractivity contribution in [1.82, 2.24) is 4.98 Å². The summed E-state index contributed by atoms with van der Waals surface area (Å²) in [6.07, 6.45) is 3.67.